The Morgan fingerprint density at radius 1 is 0.977 bits per heavy atom. The highest BCUT2D eigenvalue weighted by atomic mass is 16.5. The SMILES string of the molecule is C=C(NC)C1=C(NC)C(C)(C2CC(CNC(=O)CC)C2)C=C1c1cccc(OCc2ccccc2)c1.CCC.CCCCC. The standard InChI is InChI=1S/C31H39N3O2.C5H12.C3H8/c1-6-28(35)34-19-23-15-25(16-23)31(3)18-27(29(21(2)32-4)30(31)33-5)24-13-10-14-26(17-24)36-20-22-11-8-7-9-12-22;1-3-5-4-2;1-3-2/h7-14,17-18,23,25,32-33H,2,6,15-16,19-20H2,1,3-5H3,(H,34,35);3-5H2,1-2H3;3H2,1-2H3. The van der Waals surface area contributed by atoms with Crippen LogP contribution >= 0.6 is 0 Å². The highest BCUT2D eigenvalue weighted by molar-refractivity contribution is 5.88. The number of ether oxygens (including phenoxy) is 1. The van der Waals surface area contributed by atoms with E-state index in [1.807, 2.05) is 45.3 Å². The van der Waals surface area contributed by atoms with Crippen molar-refractivity contribution < 1.29 is 9.53 Å². The minimum atomic E-state index is -0.134. The van der Waals surface area contributed by atoms with Crippen molar-refractivity contribution in [3.63, 3.8) is 0 Å². The van der Waals surface area contributed by atoms with Gasteiger partial charge >= 0.3 is 0 Å². The van der Waals surface area contributed by atoms with E-state index < -0.39 is 0 Å². The first-order chi connectivity index (χ1) is 21.2. The number of rotatable bonds is 13. The normalized spacial score (nSPS) is 20.1. The van der Waals surface area contributed by atoms with Crippen molar-refractivity contribution in [2.75, 3.05) is 20.6 Å². The lowest BCUT2D eigenvalue weighted by molar-refractivity contribution is -0.121. The zero-order valence-corrected chi connectivity index (χ0v) is 28.8. The number of amides is 1. The van der Waals surface area contributed by atoms with Crippen LogP contribution in [0.2, 0.25) is 0 Å². The second kappa shape index (κ2) is 19.0. The van der Waals surface area contributed by atoms with Crippen LogP contribution in [0.3, 0.4) is 0 Å². The van der Waals surface area contributed by atoms with E-state index in [0.29, 0.717) is 24.9 Å². The third-order valence-electron chi connectivity index (χ3n) is 8.45. The molecule has 3 N–H and O–H groups in total. The fraction of sp³-hybridized carbons (Fsp3) is 0.513. The van der Waals surface area contributed by atoms with E-state index >= 15 is 0 Å². The zero-order chi connectivity index (χ0) is 32.5. The number of hydrogen-bond acceptors (Lipinski definition) is 4. The maximum atomic E-state index is 11.7. The number of carbonyl (C=O) groups excluding carboxylic acids is 1. The van der Waals surface area contributed by atoms with Crippen molar-refractivity contribution in [1.29, 1.82) is 0 Å². The molecular weight excluding hydrogens is 542 g/mol. The molecule has 0 radical (unpaired) electrons. The van der Waals surface area contributed by atoms with Gasteiger partial charge in [0.1, 0.15) is 12.4 Å². The van der Waals surface area contributed by atoms with Gasteiger partial charge in [-0.25, -0.2) is 0 Å². The van der Waals surface area contributed by atoms with Crippen molar-refractivity contribution in [2.45, 2.75) is 93.1 Å². The number of unbranched alkanes of at least 4 members (excludes halogenated alkanes) is 2. The van der Waals surface area contributed by atoms with Gasteiger partial charge in [0.15, 0.2) is 0 Å². The number of nitrogens with one attached hydrogen (secondary N) is 3. The van der Waals surface area contributed by atoms with E-state index in [0.717, 1.165) is 47.5 Å². The lowest BCUT2D eigenvalue weighted by atomic mass is 9.60. The van der Waals surface area contributed by atoms with Gasteiger partial charge in [-0.3, -0.25) is 4.79 Å². The number of carbonyl (C=O) groups is 1. The zero-order valence-electron chi connectivity index (χ0n) is 28.8. The van der Waals surface area contributed by atoms with Crippen LogP contribution in [0.4, 0.5) is 0 Å². The number of hydrogen-bond donors (Lipinski definition) is 3. The van der Waals surface area contributed by atoms with Crippen molar-refractivity contribution in [3.05, 3.63) is 95.3 Å². The van der Waals surface area contributed by atoms with E-state index in [-0.39, 0.29) is 11.3 Å². The summed E-state index contributed by atoms with van der Waals surface area (Å²) in [6.45, 7) is 18.5. The summed E-state index contributed by atoms with van der Waals surface area (Å²) < 4.78 is 6.14. The fourth-order valence-corrected chi connectivity index (χ4v) is 5.85. The Morgan fingerprint density at radius 3 is 2.18 bits per heavy atom. The molecule has 0 saturated heterocycles. The quantitative estimate of drug-likeness (QED) is 0.214. The lowest BCUT2D eigenvalue weighted by Crippen LogP contribution is -2.44. The Balaban J connectivity index is 0.000000754. The predicted octanol–water partition coefficient (Wildman–Crippen LogP) is 9.04. The maximum absolute atomic E-state index is 11.7. The molecule has 0 aromatic heterocycles. The van der Waals surface area contributed by atoms with Crippen LogP contribution in [0.15, 0.2) is 84.2 Å². The minimum absolute atomic E-state index is 0.130. The molecule has 2 aromatic rings. The monoisotopic (exact) mass is 601 g/mol. The summed E-state index contributed by atoms with van der Waals surface area (Å²) >= 11 is 0. The van der Waals surface area contributed by atoms with Crippen molar-refractivity contribution >= 4 is 11.5 Å². The van der Waals surface area contributed by atoms with Gasteiger partial charge in [-0.2, -0.15) is 0 Å². The molecule has 1 amide bonds. The molecule has 1 saturated carbocycles. The Labute approximate surface area is 268 Å². The van der Waals surface area contributed by atoms with E-state index in [4.69, 9.17) is 4.74 Å². The van der Waals surface area contributed by atoms with Gasteiger partial charge in [0, 0.05) is 49.4 Å². The molecule has 2 aromatic carbocycles. The van der Waals surface area contributed by atoms with Crippen molar-refractivity contribution in [3.8, 4) is 5.75 Å². The van der Waals surface area contributed by atoms with Gasteiger partial charge in [0.25, 0.3) is 0 Å². The third kappa shape index (κ3) is 10.0. The molecule has 5 nitrogen and oxygen atoms in total. The molecule has 1 unspecified atom stereocenters. The van der Waals surface area contributed by atoms with Crippen molar-refractivity contribution in [1.82, 2.24) is 16.0 Å². The van der Waals surface area contributed by atoms with Crippen LogP contribution in [0.1, 0.15) is 97.6 Å². The molecule has 1 atom stereocenters. The van der Waals surface area contributed by atoms with Crippen LogP contribution in [0.5, 0.6) is 5.75 Å². The van der Waals surface area contributed by atoms with Crippen molar-refractivity contribution in [2.24, 2.45) is 17.3 Å². The van der Waals surface area contributed by atoms with Crippen LogP contribution in [0, 0.1) is 17.3 Å². The average molecular weight is 602 g/mol. The van der Waals surface area contributed by atoms with E-state index in [1.165, 1.54) is 37.0 Å². The first-order valence-corrected chi connectivity index (χ1v) is 16.8. The molecule has 0 bridgehead atoms. The fourth-order valence-electron chi connectivity index (χ4n) is 5.85. The van der Waals surface area contributed by atoms with Crippen LogP contribution < -0.4 is 20.7 Å². The van der Waals surface area contributed by atoms with Gasteiger partial charge in [-0.15, -0.1) is 0 Å². The molecule has 5 heteroatoms. The van der Waals surface area contributed by atoms with Crippen LogP contribution in [0.25, 0.3) is 5.57 Å². The Hall–Kier alpha value is -3.47. The smallest absolute Gasteiger partial charge is 0.219 e. The molecule has 0 aliphatic heterocycles. The Kier molecular flexibility index (Phi) is 15.9. The molecule has 2 aliphatic rings. The van der Waals surface area contributed by atoms with E-state index in [2.05, 4.69) is 93.6 Å². The lowest BCUT2D eigenvalue weighted by Gasteiger charge is -2.46. The summed E-state index contributed by atoms with van der Waals surface area (Å²) in [6, 6.07) is 18.6. The average Bonchev–Trinajstić information content (AvgIpc) is 3.33. The first-order valence-electron chi connectivity index (χ1n) is 16.8. The van der Waals surface area contributed by atoms with E-state index in [9.17, 15) is 4.79 Å². The summed E-state index contributed by atoms with van der Waals surface area (Å²) in [5.74, 6) is 2.01. The summed E-state index contributed by atoms with van der Waals surface area (Å²) in [4.78, 5) is 11.7. The highest BCUT2D eigenvalue weighted by Crippen LogP contribution is 2.56. The summed E-state index contributed by atoms with van der Waals surface area (Å²) in [5, 5.41) is 9.87. The van der Waals surface area contributed by atoms with Gasteiger partial charge in [0.2, 0.25) is 5.91 Å². The second-order valence-electron chi connectivity index (χ2n) is 12.1. The summed E-state index contributed by atoms with van der Waals surface area (Å²) in [7, 11) is 3.93. The Bertz CT molecular complexity index is 1220. The molecule has 44 heavy (non-hydrogen) atoms. The molecule has 4 rings (SSSR count). The molecule has 1 fully saturated rings. The number of allylic oxidation sites excluding steroid dienone is 2. The van der Waals surface area contributed by atoms with Gasteiger partial charge in [-0.05, 0) is 53.5 Å². The summed E-state index contributed by atoms with van der Waals surface area (Å²) in [5.41, 5.74) is 6.54. The van der Waals surface area contributed by atoms with Gasteiger partial charge in [0.05, 0.1) is 0 Å². The number of likely N-dealkylation sites (N-methyl/N-ethyl adjacent to an activating group) is 1. The molecule has 0 heterocycles. The topological polar surface area (TPSA) is 62.4 Å². The predicted molar refractivity (Wildman–Crippen MR) is 188 cm³/mol. The minimum Gasteiger partial charge on any atom is -0.489 e. The number of benzene rings is 2. The third-order valence-corrected chi connectivity index (χ3v) is 8.45. The maximum Gasteiger partial charge on any atom is 0.219 e. The van der Waals surface area contributed by atoms with Gasteiger partial charge < -0.3 is 20.7 Å². The van der Waals surface area contributed by atoms with Crippen LogP contribution in [-0.2, 0) is 11.4 Å². The van der Waals surface area contributed by atoms with E-state index in [1.54, 1.807) is 0 Å². The molecule has 0 spiro atoms. The Morgan fingerprint density at radius 2 is 1.64 bits per heavy atom. The molecular formula is C39H59N3O2. The van der Waals surface area contributed by atoms with Crippen LogP contribution in [-0.4, -0.2) is 26.5 Å². The van der Waals surface area contributed by atoms with Gasteiger partial charge in [-0.1, -0.05) is 122 Å². The highest BCUT2D eigenvalue weighted by Gasteiger charge is 2.48. The molecule has 242 valence electrons. The summed E-state index contributed by atoms with van der Waals surface area (Å²) in [6.07, 6.45) is 10.5. The molecule has 2 aliphatic carbocycles. The largest absolute Gasteiger partial charge is 0.489 e. The first kappa shape index (κ1) is 36.7. The second-order valence-corrected chi connectivity index (χ2v) is 12.1.